The molecule has 0 saturated carbocycles. The Labute approximate surface area is 267 Å². The zero-order chi connectivity index (χ0) is 31.2. The Balaban J connectivity index is 1.11. The van der Waals surface area contributed by atoms with E-state index in [-0.39, 0.29) is 34.3 Å². The summed E-state index contributed by atoms with van der Waals surface area (Å²) in [5, 5.41) is 6.21. The van der Waals surface area contributed by atoms with E-state index in [0.717, 1.165) is 35.8 Å². The van der Waals surface area contributed by atoms with Gasteiger partial charge in [-0.2, -0.15) is 0 Å². The largest absolute Gasteiger partial charge is 0.497 e. The van der Waals surface area contributed by atoms with Gasteiger partial charge in [0.15, 0.2) is 0 Å². The fourth-order valence-corrected chi connectivity index (χ4v) is 5.83. The van der Waals surface area contributed by atoms with Crippen LogP contribution in [0.1, 0.15) is 15.9 Å². The lowest BCUT2D eigenvalue weighted by Gasteiger charge is -2.36. The molecule has 0 spiro atoms. The van der Waals surface area contributed by atoms with E-state index in [1.807, 2.05) is 55.6 Å². The molecule has 2 aliphatic heterocycles. The Morgan fingerprint density at radius 1 is 0.773 bits per heavy atom. The number of nitrogens with zero attached hydrogens (tertiary/aromatic N) is 4. The number of amides is 4. The van der Waals surface area contributed by atoms with Crippen molar-refractivity contribution in [3.05, 3.63) is 81.8 Å². The average molecular weight is 640 g/mol. The van der Waals surface area contributed by atoms with E-state index in [0.29, 0.717) is 50.5 Å². The fraction of sp³-hybridized carbons (Fsp3) is 0.344. The van der Waals surface area contributed by atoms with Gasteiger partial charge in [0.2, 0.25) is 5.91 Å². The minimum atomic E-state index is -0.304. The van der Waals surface area contributed by atoms with Crippen molar-refractivity contribution >= 4 is 58.1 Å². The molecule has 0 atom stereocenters. The van der Waals surface area contributed by atoms with Crippen LogP contribution < -0.4 is 20.3 Å². The highest BCUT2D eigenvalue weighted by molar-refractivity contribution is 6.40. The van der Waals surface area contributed by atoms with Gasteiger partial charge in [0.05, 0.1) is 29.3 Å². The smallest absolute Gasteiger partial charge is 0.322 e. The van der Waals surface area contributed by atoms with Crippen molar-refractivity contribution < 1.29 is 19.1 Å². The van der Waals surface area contributed by atoms with Gasteiger partial charge >= 0.3 is 6.03 Å². The zero-order valence-electron chi connectivity index (χ0n) is 24.8. The van der Waals surface area contributed by atoms with Crippen molar-refractivity contribution in [1.29, 1.82) is 0 Å². The van der Waals surface area contributed by atoms with Crippen LogP contribution in [0.2, 0.25) is 10.0 Å². The number of anilines is 3. The summed E-state index contributed by atoms with van der Waals surface area (Å²) >= 11 is 13.0. The van der Waals surface area contributed by atoms with Crippen molar-refractivity contribution in [2.45, 2.75) is 6.42 Å². The SMILES string of the molecule is COc1ccc(CC(=O)Nc2ccc(N3CCN(C(=O)Nc4c(Cl)cc(C(=O)N5CCN(C)CC5)cc4Cl)CC3)cc2)cc1. The van der Waals surface area contributed by atoms with Crippen LogP contribution in [0.4, 0.5) is 21.9 Å². The third kappa shape index (κ3) is 7.74. The zero-order valence-corrected chi connectivity index (χ0v) is 26.3. The highest BCUT2D eigenvalue weighted by Gasteiger charge is 2.25. The molecule has 0 unspecified atom stereocenters. The predicted molar refractivity (Wildman–Crippen MR) is 174 cm³/mol. The van der Waals surface area contributed by atoms with E-state index >= 15 is 0 Å². The Kier molecular flexibility index (Phi) is 10.1. The van der Waals surface area contributed by atoms with E-state index in [2.05, 4.69) is 20.4 Å². The van der Waals surface area contributed by atoms with Crippen molar-refractivity contribution in [2.75, 3.05) is 82.0 Å². The summed E-state index contributed by atoms with van der Waals surface area (Å²) in [7, 11) is 3.64. The Hall–Kier alpha value is -3.99. The second-order valence-electron chi connectivity index (χ2n) is 10.9. The summed E-state index contributed by atoms with van der Waals surface area (Å²) in [4.78, 5) is 46.4. The standard InChI is InChI=1S/C32H36Cl2N6O4/c1-37-11-13-39(14-12-37)31(42)23-20-27(33)30(28(34)21-23)36-32(43)40-17-15-38(16-18-40)25-7-5-24(6-8-25)35-29(41)19-22-3-9-26(44-2)10-4-22/h3-10,20-21H,11-19H2,1-2H3,(H,35,41)(H,36,43). The molecule has 5 rings (SSSR count). The first-order chi connectivity index (χ1) is 21.2. The number of ether oxygens (including phenoxy) is 1. The maximum atomic E-state index is 13.1. The third-order valence-electron chi connectivity index (χ3n) is 7.92. The molecule has 3 aromatic rings. The van der Waals surface area contributed by atoms with Crippen molar-refractivity contribution in [3.8, 4) is 5.75 Å². The van der Waals surface area contributed by atoms with Gasteiger partial charge < -0.3 is 35.0 Å². The van der Waals surface area contributed by atoms with E-state index < -0.39 is 0 Å². The molecule has 10 nitrogen and oxygen atoms in total. The molecule has 12 heteroatoms. The first kappa shape index (κ1) is 31.4. The molecule has 0 bridgehead atoms. The van der Waals surface area contributed by atoms with Crippen LogP contribution in [0.25, 0.3) is 0 Å². The number of carbonyl (C=O) groups is 3. The number of urea groups is 1. The van der Waals surface area contributed by atoms with Gasteiger partial charge in [-0.15, -0.1) is 0 Å². The molecular formula is C32H36Cl2N6O4. The summed E-state index contributed by atoms with van der Waals surface area (Å²) in [5.41, 5.74) is 3.32. The van der Waals surface area contributed by atoms with E-state index in [4.69, 9.17) is 27.9 Å². The molecule has 0 radical (unpaired) electrons. The van der Waals surface area contributed by atoms with Crippen LogP contribution in [-0.2, 0) is 11.2 Å². The fourth-order valence-electron chi connectivity index (χ4n) is 5.25. The van der Waals surface area contributed by atoms with E-state index in [9.17, 15) is 14.4 Å². The third-order valence-corrected chi connectivity index (χ3v) is 8.51. The number of methoxy groups -OCH3 is 1. The number of hydrogen-bond donors (Lipinski definition) is 2. The molecule has 3 aromatic carbocycles. The normalized spacial score (nSPS) is 15.6. The van der Waals surface area contributed by atoms with E-state index in [1.165, 1.54) is 0 Å². The van der Waals surface area contributed by atoms with Gasteiger partial charge in [-0.3, -0.25) is 9.59 Å². The van der Waals surface area contributed by atoms with Gasteiger partial charge in [0.1, 0.15) is 5.75 Å². The van der Waals surface area contributed by atoms with Gasteiger partial charge in [-0.1, -0.05) is 35.3 Å². The van der Waals surface area contributed by atoms with Crippen molar-refractivity contribution in [3.63, 3.8) is 0 Å². The number of benzene rings is 3. The maximum Gasteiger partial charge on any atom is 0.322 e. The molecule has 2 saturated heterocycles. The van der Waals surface area contributed by atoms with Crippen LogP contribution in [-0.4, -0.2) is 99.1 Å². The van der Waals surface area contributed by atoms with Gasteiger partial charge in [0, 0.05) is 69.3 Å². The number of rotatable bonds is 7. The first-order valence-electron chi connectivity index (χ1n) is 14.5. The number of carbonyl (C=O) groups excluding carboxylic acids is 3. The second-order valence-corrected chi connectivity index (χ2v) is 11.7. The molecule has 2 fully saturated rings. The molecule has 0 aromatic heterocycles. The Morgan fingerprint density at radius 2 is 1.36 bits per heavy atom. The summed E-state index contributed by atoms with van der Waals surface area (Å²) in [6, 6.07) is 17.9. The van der Waals surface area contributed by atoms with Crippen LogP contribution >= 0.6 is 23.2 Å². The number of halogens is 2. The van der Waals surface area contributed by atoms with E-state index in [1.54, 1.807) is 29.0 Å². The monoisotopic (exact) mass is 638 g/mol. The van der Waals surface area contributed by atoms with Gasteiger partial charge in [0.25, 0.3) is 5.91 Å². The van der Waals surface area contributed by atoms with Gasteiger partial charge in [-0.25, -0.2) is 4.79 Å². The Morgan fingerprint density at radius 3 is 1.95 bits per heavy atom. The molecule has 232 valence electrons. The highest BCUT2D eigenvalue weighted by Crippen LogP contribution is 2.33. The lowest BCUT2D eigenvalue weighted by Crippen LogP contribution is -2.50. The molecule has 44 heavy (non-hydrogen) atoms. The molecule has 4 amide bonds. The molecule has 2 heterocycles. The number of hydrogen-bond acceptors (Lipinski definition) is 6. The lowest BCUT2D eigenvalue weighted by molar-refractivity contribution is -0.115. The average Bonchev–Trinajstić information content (AvgIpc) is 3.03. The number of likely N-dealkylation sites (N-methyl/N-ethyl adjacent to an activating group) is 1. The van der Waals surface area contributed by atoms with Crippen LogP contribution in [0.3, 0.4) is 0 Å². The highest BCUT2D eigenvalue weighted by atomic mass is 35.5. The second kappa shape index (κ2) is 14.2. The predicted octanol–water partition coefficient (Wildman–Crippen LogP) is 4.92. The summed E-state index contributed by atoms with van der Waals surface area (Å²) in [6.07, 6.45) is 0.269. The summed E-state index contributed by atoms with van der Waals surface area (Å²) in [5.74, 6) is 0.527. The number of piperazine rings is 2. The molecular weight excluding hydrogens is 603 g/mol. The van der Waals surface area contributed by atoms with Crippen LogP contribution in [0.5, 0.6) is 5.75 Å². The maximum absolute atomic E-state index is 13.1. The van der Waals surface area contributed by atoms with Crippen LogP contribution in [0, 0.1) is 0 Å². The summed E-state index contributed by atoms with van der Waals surface area (Å²) in [6.45, 7) is 5.17. The number of nitrogens with one attached hydrogen (secondary N) is 2. The quantitative estimate of drug-likeness (QED) is 0.381. The minimum absolute atomic E-state index is 0.0981. The van der Waals surface area contributed by atoms with Gasteiger partial charge in [-0.05, 0) is 61.1 Å². The lowest BCUT2D eigenvalue weighted by atomic mass is 10.1. The molecule has 2 aliphatic rings. The molecule has 0 aliphatic carbocycles. The molecule has 2 N–H and O–H groups in total. The minimum Gasteiger partial charge on any atom is -0.497 e. The topological polar surface area (TPSA) is 97.5 Å². The summed E-state index contributed by atoms with van der Waals surface area (Å²) < 4.78 is 5.16. The van der Waals surface area contributed by atoms with Crippen LogP contribution in [0.15, 0.2) is 60.7 Å². The van der Waals surface area contributed by atoms with Crippen molar-refractivity contribution in [2.24, 2.45) is 0 Å². The van der Waals surface area contributed by atoms with Crippen molar-refractivity contribution in [1.82, 2.24) is 14.7 Å². The first-order valence-corrected chi connectivity index (χ1v) is 15.3. The Bertz CT molecular complexity index is 1460.